The van der Waals surface area contributed by atoms with Gasteiger partial charge in [-0.15, -0.1) is 11.3 Å². The zero-order valence-corrected chi connectivity index (χ0v) is 9.98. The van der Waals surface area contributed by atoms with Crippen LogP contribution in [-0.2, 0) is 0 Å². The summed E-state index contributed by atoms with van der Waals surface area (Å²) in [4.78, 5) is 4.48. The summed E-state index contributed by atoms with van der Waals surface area (Å²) >= 11 is 1.50. The molecule has 0 bridgehead atoms. The lowest BCUT2D eigenvalue weighted by atomic mass is 10.1. The van der Waals surface area contributed by atoms with Crippen LogP contribution < -0.4 is 0 Å². The standard InChI is InChI=1S/C12H7N5S/c13-5-8-2-1-3-9(4-8)11-7-18-12(15-11)10-6-14-17-16-10/h1-4,6-7H,(H,14,16,17). The van der Waals surface area contributed by atoms with Crippen molar-refractivity contribution >= 4 is 11.3 Å². The van der Waals surface area contributed by atoms with Gasteiger partial charge in [0.05, 0.1) is 23.5 Å². The van der Waals surface area contributed by atoms with Gasteiger partial charge in [-0.05, 0) is 12.1 Å². The number of nitrogens with one attached hydrogen (secondary N) is 1. The number of benzene rings is 1. The molecule has 0 saturated heterocycles. The molecule has 18 heavy (non-hydrogen) atoms. The van der Waals surface area contributed by atoms with Crippen molar-refractivity contribution in [3.05, 3.63) is 41.4 Å². The van der Waals surface area contributed by atoms with E-state index in [1.165, 1.54) is 11.3 Å². The number of aromatic nitrogens is 4. The maximum atomic E-state index is 8.87. The Morgan fingerprint density at radius 2 is 2.22 bits per heavy atom. The molecule has 0 unspecified atom stereocenters. The van der Waals surface area contributed by atoms with Gasteiger partial charge in [-0.2, -0.15) is 20.7 Å². The van der Waals surface area contributed by atoms with E-state index in [0.717, 1.165) is 22.0 Å². The molecule has 0 aliphatic rings. The minimum absolute atomic E-state index is 0.628. The molecule has 0 atom stereocenters. The summed E-state index contributed by atoms with van der Waals surface area (Å²) in [7, 11) is 0. The first-order valence-electron chi connectivity index (χ1n) is 5.19. The van der Waals surface area contributed by atoms with E-state index in [1.54, 1.807) is 12.3 Å². The van der Waals surface area contributed by atoms with Crippen LogP contribution in [0, 0.1) is 11.3 Å². The van der Waals surface area contributed by atoms with Crippen molar-refractivity contribution in [3.8, 4) is 28.0 Å². The van der Waals surface area contributed by atoms with E-state index in [9.17, 15) is 0 Å². The Bertz CT molecular complexity index is 708. The second-order valence-corrected chi connectivity index (χ2v) is 4.44. The highest BCUT2D eigenvalue weighted by molar-refractivity contribution is 7.13. The van der Waals surface area contributed by atoms with Gasteiger partial charge < -0.3 is 0 Å². The van der Waals surface area contributed by atoms with Gasteiger partial charge in [0, 0.05) is 10.9 Å². The minimum Gasteiger partial charge on any atom is -0.234 e. The SMILES string of the molecule is N#Cc1cccc(-c2csc(-c3cn[nH]n3)n2)c1. The molecular formula is C12H7N5S. The molecule has 0 spiro atoms. The minimum atomic E-state index is 0.628. The van der Waals surface area contributed by atoms with E-state index in [-0.39, 0.29) is 0 Å². The predicted octanol–water partition coefficient (Wildman–Crippen LogP) is 2.47. The van der Waals surface area contributed by atoms with Gasteiger partial charge in [0.25, 0.3) is 0 Å². The highest BCUT2D eigenvalue weighted by Gasteiger charge is 2.08. The summed E-state index contributed by atoms with van der Waals surface area (Å²) in [6.07, 6.45) is 1.63. The highest BCUT2D eigenvalue weighted by atomic mass is 32.1. The number of thiazole rings is 1. The first-order valence-corrected chi connectivity index (χ1v) is 6.07. The van der Waals surface area contributed by atoms with Gasteiger partial charge in [0.2, 0.25) is 0 Å². The van der Waals surface area contributed by atoms with Crippen LogP contribution in [0.2, 0.25) is 0 Å². The van der Waals surface area contributed by atoms with Gasteiger partial charge in [-0.1, -0.05) is 12.1 Å². The number of H-pyrrole nitrogens is 1. The monoisotopic (exact) mass is 253 g/mol. The quantitative estimate of drug-likeness (QED) is 0.761. The Balaban J connectivity index is 2.01. The van der Waals surface area contributed by atoms with Crippen molar-refractivity contribution in [2.45, 2.75) is 0 Å². The summed E-state index contributed by atoms with van der Waals surface area (Å²) in [6, 6.07) is 9.50. The first kappa shape index (κ1) is 10.6. The number of hydrogen-bond donors (Lipinski definition) is 1. The van der Waals surface area contributed by atoms with Crippen molar-refractivity contribution in [1.82, 2.24) is 20.4 Å². The van der Waals surface area contributed by atoms with Gasteiger partial charge in [-0.25, -0.2) is 4.98 Å². The van der Waals surface area contributed by atoms with E-state index in [1.807, 2.05) is 23.6 Å². The third kappa shape index (κ3) is 1.87. The average molecular weight is 253 g/mol. The summed E-state index contributed by atoms with van der Waals surface area (Å²) in [5.74, 6) is 0. The first-order chi connectivity index (χ1) is 8.86. The van der Waals surface area contributed by atoms with Crippen LogP contribution >= 0.6 is 11.3 Å². The van der Waals surface area contributed by atoms with E-state index in [2.05, 4.69) is 26.5 Å². The van der Waals surface area contributed by atoms with E-state index in [4.69, 9.17) is 5.26 Å². The van der Waals surface area contributed by atoms with Crippen molar-refractivity contribution < 1.29 is 0 Å². The topological polar surface area (TPSA) is 78.2 Å². The molecule has 0 radical (unpaired) electrons. The van der Waals surface area contributed by atoms with Gasteiger partial charge in [0.15, 0.2) is 0 Å². The Morgan fingerprint density at radius 1 is 1.28 bits per heavy atom. The van der Waals surface area contributed by atoms with Crippen LogP contribution in [-0.4, -0.2) is 20.4 Å². The predicted molar refractivity (Wildman–Crippen MR) is 67.6 cm³/mol. The molecule has 2 heterocycles. The van der Waals surface area contributed by atoms with Gasteiger partial charge >= 0.3 is 0 Å². The normalized spacial score (nSPS) is 10.2. The largest absolute Gasteiger partial charge is 0.234 e. The number of hydrogen-bond acceptors (Lipinski definition) is 5. The number of aromatic amines is 1. The van der Waals surface area contributed by atoms with Crippen LogP contribution in [0.1, 0.15) is 5.56 Å². The number of nitriles is 1. The second kappa shape index (κ2) is 4.39. The molecule has 3 aromatic rings. The fourth-order valence-corrected chi connectivity index (χ4v) is 2.36. The highest BCUT2D eigenvalue weighted by Crippen LogP contribution is 2.27. The van der Waals surface area contributed by atoms with E-state index < -0.39 is 0 Å². The molecule has 86 valence electrons. The molecular weight excluding hydrogens is 246 g/mol. The molecule has 1 aromatic carbocycles. The molecule has 6 heteroatoms. The fraction of sp³-hybridized carbons (Fsp3) is 0. The zero-order valence-electron chi connectivity index (χ0n) is 9.16. The molecule has 5 nitrogen and oxygen atoms in total. The Morgan fingerprint density at radius 3 is 3.00 bits per heavy atom. The Kier molecular flexibility index (Phi) is 2.59. The summed E-state index contributed by atoms with van der Waals surface area (Å²) in [5.41, 5.74) is 3.13. The lowest BCUT2D eigenvalue weighted by Gasteiger charge is -1.96. The molecule has 0 amide bonds. The summed E-state index contributed by atoms with van der Waals surface area (Å²) in [6.45, 7) is 0. The average Bonchev–Trinajstić information content (AvgIpc) is 3.09. The zero-order chi connectivity index (χ0) is 12.4. The summed E-state index contributed by atoms with van der Waals surface area (Å²) < 4.78 is 0. The maximum Gasteiger partial charge on any atom is 0.146 e. The lowest BCUT2D eigenvalue weighted by Crippen LogP contribution is -1.81. The Labute approximate surface area is 107 Å². The van der Waals surface area contributed by atoms with Gasteiger partial charge in [0.1, 0.15) is 10.7 Å². The third-order valence-corrected chi connectivity index (χ3v) is 3.29. The lowest BCUT2D eigenvalue weighted by molar-refractivity contribution is 0.942. The van der Waals surface area contributed by atoms with Crippen molar-refractivity contribution in [1.29, 1.82) is 5.26 Å². The van der Waals surface area contributed by atoms with Crippen molar-refractivity contribution in [3.63, 3.8) is 0 Å². The molecule has 3 rings (SSSR count). The van der Waals surface area contributed by atoms with Crippen LogP contribution in [0.5, 0.6) is 0 Å². The van der Waals surface area contributed by atoms with Crippen LogP contribution in [0.4, 0.5) is 0 Å². The molecule has 1 N–H and O–H groups in total. The Hall–Kier alpha value is -2.52. The van der Waals surface area contributed by atoms with E-state index >= 15 is 0 Å². The molecule has 0 aliphatic carbocycles. The molecule has 2 aromatic heterocycles. The number of rotatable bonds is 2. The maximum absolute atomic E-state index is 8.87. The fourth-order valence-electron chi connectivity index (χ4n) is 1.58. The second-order valence-electron chi connectivity index (χ2n) is 3.59. The van der Waals surface area contributed by atoms with Crippen LogP contribution in [0.3, 0.4) is 0 Å². The molecule has 0 fully saturated rings. The molecule has 0 saturated carbocycles. The van der Waals surface area contributed by atoms with Crippen molar-refractivity contribution in [2.75, 3.05) is 0 Å². The number of nitrogens with zero attached hydrogens (tertiary/aromatic N) is 4. The smallest absolute Gasteiger partial charge is 0.146 e. The van der Waals surface area contributed by atoms with Crippen molar-refractivity contribution in [2.24, 2.45) is 0 Å². The van der Waals surface area contributed by atoms with Crippen LogP contribution in [0.25, 0.3) is 22.0 Å². The van der Waals surface area contributed by atoms with Gasteiger partial charge in [-0.3, -0.25) is 0 Å². The van der Waals surface area contributed by atoms with Crippen LogP contribution in [0.15, 0.2) is 35.8 Å². The van der Waals surface area contributed by atoms with E-state index in [0.29, 0.717) is 5.56 Å². The third-order valence-electron chi connectivity index (χ3n) is 2.43. The summed E-state index contributed by atoms with van der Waals surface area (Å²) in [5, 5.41) is 21.9. The molecule has 0 aliphatic heterocycles.